The summed E-state index contributed by atoms with van der Waals surface area (Å²) in [7, 11) is 0. The predicted molar refractivity (Wildman–Crippen MR) is 108 cm³/mol. The highest BCUT2D eigenvalue weighted by molar-refractivity contribution is 5.95. The quantitative estimate of drug-likeness (QED) is 0.757. The van der Waals surface area contributed by atoms with E-state index in [9.17, 15) is 9.59 Å². The van der Waals surface area contributed by atoms with Gasteiger partial charge in [-0.3, -0.25) is 14.5 Å². The molecule has 0 saturated carbocycles. The molecule has 2 rings (SSSR count). The van der Waals surface area contributed by atoms with E-state index in [1.807, 2.05) is 38.1 Å². The minimum absolute atomic E-state index is 0.0145. The molecule has 6 nitrogen and oxygen atoms in total. The van der Waals surface area contributed by atoms with Crippen LogP contribution in [0, 0.1) is 0 Å². The van der Waals surface area contributed by atoms with Crippen LogP contribution in [0.3, 0.4) is 0 Å². The summed E-state index contributed by atoms with van der Waals surface area (Å²) in [4.78, 5) is 30.3. The van der Waals surface area contributed by atoms with Gasteiger partial charge in [0.2, 0.25) is 0 Å². The molecule has 0 unspecified atom stereocenters. The molecule has 27 heavy (non-hydrogen) atoms. The molecule has 1 N–H and O–H groups in total. The van der Waals surface area contributed by atoms with Gasteiger partial charge >= 0.3 is 5.97 Å². The minimum atomic E-state index is -0.882. The van der Waals surface area contributed by atoms with Crippen molar-refractivity contribution in [2.24, 2.45) is 0 Å². The van der Waals surface area contributed by atoms with Gasteiger partial charge in [-0.15, -0.1) is 0 Å². The molecule has 1 aromatic rings. The second-order valence-corrected chi connectivity index (χ2v) is 7.56. The summed E-state index contributed by atoms with van der Waals surface area (Å²) >= 11 is 0. The van der Waals surface area contributed by atoms with E-state index in [-0.39, 0.29) is 24.9 Å². The van der Waals surface area contributed by atoms with Crippen molar-refractivity contribution >= 4 is 17.6 Å². The van der Waals surface area contributed by atoms with Crippen molar-refractivity contribution in [2.75, 3.05) is 37.6 Å². The molecule has 0 spiro atoms. The number of carbonyl (C=O) groups excluding carboxylic acids is 1. The van der Waals surface area contributed by atoms with Crippen LogP contribution in [-0.2, 0) is 4.79 Å². The van der Waals surface area contributed by atoms with Gasteiger partial charge in [-0.2, -0.15) is 0 Å². The number of benzene rings is 1. The Hall–Kier alpha value is -2.08. The number of rotatable bonds is 8. The molecule has 1 atom stereocenters. The molecule has 1 saturated heterocycles. The van der Waals surface area contributed by atoms with Gasteiger partial charge in [-0.05, 0) is 51.5 Å². The van der Waals surface area contributed by atoms with Crippen molar-refractivity contribution in [3.05, 3.63) is 29.8 Å². The molecule has 1 aromatic carbocycles. The van der Waals surface area contributed by atoms with Crippen molar-refractivity contribution in [3.8, 4) is 0 Å². The van der Waals surface area contributed by atoms with Gasteiger partial charge in [-0.25, -0.2) is 0 Å². The van der Waals surface area contributed by atoms with Gasteiger partial charge in [0.25, 0.3) is 5.91 Å². The number of hydrogen-bond acceptors (Lipinski definition) is 4. The largest absolute Gasteiger partial charge is 0.481 e. The average molecular weight is 376 g/mol. The second-order valence-electron chi connectivity index (χ2n) is 7.56. The smallest absolute Gasteiger partial charge is 0.305 e. The van der Waals surface area contributed by atoms with Gasteiger partial charge in [-0.1, -0.05) is 6.92 Å². The molecule has 1 heterocycles. The Bertz CT molecular complexity index is 622. The minimum Gasteiger partial charge on any atom is -0.481 e. The lowest BCUT2D eigenvalue weighted by Crippen LogP contribution is -2.48. The molecule has 1 fully saturated rings. The van der Waals surface area contributed by atoms with Crippen LogP contribution in [0.25, 0.3) is 0 Å². The Morgan fingerprint density at radius 3 is 2.15 bits per heavy atom. The number of hydrogen-bond donors (Lipinski definition) is 1. The fraction of sp³-hybridized carbons (Fsp3) is 0.619. The molecule has 1 amide bonds. The molecule has 0 aliphatic carbocycles. The predicted octanol–water partition coefficient (Wildman–Crippen LogP) is 2.93. The summed E-state index contributed by atoms with van der Waals surface area (Å²) in [6.07, 6.45) is 0.762. The lowest BCUT2D eigenvalue weighted by Gasteiger charge is -2.38. The van der Waals surface area contributed by atoms with E-state index >= 15 is 0 Å². The molecular weight excluding hydrogens is 342 g/mol. The Morgan fingerprint density at radius 2 is 1.67 bits per heavy atom. The Labute approximate surface area is 162 Å². The first kappa shape index (κ1) is 21.2. The van der Waals surface area contributed by atoms with E-state index in [4.69, 9.17) is 5.11 Å². The zero-order valence-corrected chi connectivity index (χ0v) is 17.0. The first-order valence-electron chi connectivity index (χ1n) is 9.95. The highest BCUT2D eigenvalue weighted by Crippen LogP contribution is 2.20. The van der Waals surface area contributed by atoms with Crippen LogP contribution < -0.4 is 4.90 Å². The lowest BCUT2D eigenvalue weighted by molar-refractivity contribution is -0.137. The first-order chi connectivity index (χ1) is 12.8. The summed E-state index contributed by atoms with van der Waals surface area (Å²) in [5.41, 5.74) is 1.75. The van der Waals surface area contributed by atoms with E-state index < -0.39 is 5.97 Å². The maximum absolute atomic E-state index is 12.9. The standard InChI is InChI=1S/C21H33N3O3/c1-5-17(4)24(11-10-20(25)26)21(27)18-6-8-19(9-7-18)23-14-12-22(13-15-23)16(2)3/h6-9,16-17H,5,10-15H2,1-4H3,(H,25,26)/t17-/m1/s1. The average Bonchev–Trinajstić information content (AvgIpc) is 2.67. The number of carboxylic acid groups (broad SMARTS) is 1. The van der Waals surface area contributed by atoms with Gasteiger partial charge in [0.1, 0.15) is 0 Å². The Balaban J connectivity index is 2.04. The summed E-state index contributed by atoms with van der Waals surface area (Å²) < 4.78 is 0. The monoisotopic (exact) mass is 375 g/mol. The highest BCUT2D eigenvalue weighted by atomic mass is 16.4. The molecule has 1 aliphatic rings. The SMILES string of the molecule is CC[C@@H](C)N(CCC(=O)O)C(=O)c1ccc(N2CCN(C(C)C)CC2)cc1. The number of piperazine rings is 1. The third kappa shape index (κ3) is 5.70. The van der Waals surface area contributed by atoms with Crippen LogP contribution in [0.5, 0.6) is 0 Å². The number of anilines is 1. The van der Waals surface area contributed by atoms with Crippen molar-refractivity contribution in [1.29, 1.82) is 0 Å². The van der Waals surface area contributed by atoms with Crippen LogP contribution >= 0.6 is 0 Å². The number of carboxylic acids is 1. The zero-order chi connectivity index (χ0) is 20.0. The lowest BCUT2D eigenvalue weighted by atomic mass is 10.1. The van der Waals surface area contributed by atoms with E-state index in [2.05, 4.69) is 23.6 Å². The van der Waals surface area contributed by atoms with Crippen LogP contribution in [0.15, 0.2) is 24.3 Å². The molecule has 0 bridgehead atoms. The van der Waals surface area contributed by atoms with Crippen LogP contribution in [-0.4, -0.2) is 71.6 Å². The fourth-order valence-corrected chi connectivity index (χ4v) is 3.44. The van der Waals surface area contributed by atoms with E-state index in [1.54, 1.807) is 4.90 Å². The summed E-state index contributed by atoms with van der Waals surface area (Å²) in [6.45, 7) is 12.7. The normalized spacial score (nSPS) is 16.4. The van der Waals surface area contributed by atoms with Crippen LogP contribution in [0.4, 0.5) is 5.69 Å². The van der Waals surface area contributed by atoms with Gasteiger partial charge in [0.15, 0.2) is 0 Å². The number of carbonyl (C=O) groups is 2. The van der Waals surface area contributed by atoms with E-state index in [0.717, 1.165) is 38.3 Å². The third-order valence-corrected chi connectivity index (χ3v) is 5.47. The third-order valence-electron chi connectivity index (χ3n) is 5.47. The van der Waals surface area contributed by atoms with Gasteiger partial charge in [0.05, 0.1) is 6.42 Å². The highest BCUT2D eigenvalue weighted by Gasteiger charge is 2.22. The van der Waals surface area contributed by atoms with Gasteiger partial charge in [0, 0.05) is 56.1 Å². The molecule has 0 aromatic heterocycles. The zero-order valence-electron chi connectivity index (χ0n) is 17.0. The number of aliphatic carboxylic acids is 1. The van der Waals surface area contributed by atoms with E-state index in [0.29, 0.717) is 11.6 Å². The first-order valence-corrected chi connectivity index (χ1v) is 9.95. The van der Waals surface area contributed by atoms with Crippen molar-refractivity contribution in [3.63, 3.8) is 0 Å². The molecular formula is C21H33N3O3. The van der Waals surface area contributed by atoms with Gasteiger partial charge < -0.3 is 14.9 Å². The molecule has 0 radical (unpaired) electrons. The number of amides is 1. The maximum Gasteiger partial charge on any atom is 0.305 e. The fourth-order valence-electron chi connectivity index (χ4n) is 3.44. The maximum atomic E-state index is 12.9. The summed E-state index contributed by atoms with van der Waals surface area (Å²) in [5, 5.41) is 8.96. The summed E-state index contributed by atoms with van der Waals surface area (Å²) in [5.74, 6) is -0.978. The van der Waals surface area contributed by atoms with Crippen LogP contribution in [0.1, 0.15) is 50.9 Å². The molecule has 150 valence electrons. The molecule has 6 heteroatoms. The van der Waals surface area contributed by atoms with Crippen molar-refractivity contribution < 1.29 is 14.7 Å². The van der Waals surface area contributed by atoms with Crippen molar-refractivity contribution in [1.82, 2.24) is 9.80 Å². The Morgan fingerprint density at radius 1 is 1.07 bits per heavy atom. The van der Waals surface area contributed by atoms with E-state index in [1.165, 1.54) is 0 Å². The van der Waals surface area contributed by atoms with Crippen LogP contribution in [0.2, 0.25) is 0 Å². The van der Waals surface area contributed by atoms with Crippen molar-refractivity contribution in [2.45, 2.75) is 52.6 Å². The topological polar surface area (TPSA) is 64.1 Å². The summed E-state index contributed by atoms with van der Waals surface area (Å²) in [6, 6.07) is 8.32. The number of nitrogens with zero attached hydrogens (tertiary/aromatic N) is 3. The second kappa shape index (κ2) is 9.74. The molecule has 1 aliphatic heterocycles. The Kier molecular flexibility index (Phi) is 7.66.